The lowest BCUT2D eigenvalue weighted by Crippen LogP contribution is -2.17. The van der Waals surface area contributed by atoms with Crippen molar-refractivity contribution in [2.24, 2.45) is 0 Å². The number of nitrogens with one attached hydrogen (secondary N) is 2. The van der Waals surface area contributed by atoms with Crippen LogP contribution in [0.4, 0.5) is 5.69 Å². The van der Waals surface area contributed by atoms with E-state index in [1.807, 2.05) is 0 Å². The van der Waals surface area contributed by atoms with E-state index in [1.54, 1.807) is 24.3 Å². The molecule has 23 heavy (non-hydrogen) atoms. The van der Waals surface area contributed by atoms with Crippen molar-refractivity contribution in [2.45, 2.75) is 23.9 Å². The summed E-state index contributed by atoms with van der Waals surface area (Å²) in [4.78, 5) is 28.1. The normalized spacial score (nSPS) is 13.6. The fourth-order valence-corrected chi connectivity index (χ4v) is 2.66. The van der Waals surface area contributed by atoms with Gasteiger partial charge in [-0.3, -0.25) is 9.89 Å². The summed E-state index contributed by atoms with van der Waals surface area (Å²) >= 11 is 1.25. The lowest BCUT2D eigenvalue weighted by Gasteiger charge is -2.08. The van der Waals surface area contributed by atoms with Gasteiger partial charge in [-0.2, -0.15) is 0 Å². The Hall–Kier alpha value is -2.35. The molecule has 0 saturated heterocycles. The Bertz CT molecular complexity index is 727. The molecule has 0 bridgehead atoms. The maximum atomic E-state index is 12.1. The first-order chi connectivity index (χ1) is 11.2. The number of benzene rings is 1. The van der Waals surface area contributed by atoms with Crippen LogP contribution in [0.5, 0.6) is 0 Å². The lowest BCUT2D eigenvalue weighted by atomic mass is 10.2. The number of esters is 1. The van der Waals surface area contributed by atoms with Crippen molar-refractivity contribution in [3.63, 3.8) is 0 Å². The van der Waals surface area contributed by atoms with Crippen molar-refractivity contribution >= 4 is 29.3 Å². The summed E-state index contributed by atoms with van der Waals surface area (Å²) < 4.78 is 4.70. The maximum absolute atomic E-state index is 12.1. The minimum atomic E-state index is -0.489. The Morgan fingerprint density at radius 3 is 2.91 bits per heavy atom. The van der Waals surface area contributed by atoms with E-state index in [1.165, 1.54) is 18.9 Å². The van der Waals surface area contributed by atoms with Crippen LogP contribution in [-0.2, 0) is 9.53 Å². The van der Waals surface area contributed by atoms with E-state index in [9.17, 15) is 9.59 Å². The highest BCUT2D eigenvalue weighted by Crippen LogP contribution is 2.38. The van der Waals surface area contributed by atoms with Gasteiger partial charge in [-0.25, -0.2) is 9.78 Å². The van der Waals surface area contributed by atoms with Crippen LogP contribution in [0.25, 0.3) is 0 Å². The van der Waals surface area contributed by atoms with E-state index in [-0.39, 0.29) is 11.7 Å². The van der Waals surface area contributed by atoms with E-state index in [0.717, 1.165) is 18.7 Å². The SMILES string of the molecule is COC(=O)c1ccccc1NC(=O)CSc1n[nH]c(C2CC2)n1. The predicted octanol–water partition coefficient (Wildman–Crippen LogP) is 2.20. The third kappa shape index (κ3) is 3.89. The summed E-state index contributed by atoms with van der Waals surface area (Å²) in [6.07, 6.45) is 2.29. The summed E-state index contributed by atoms with van der Waals surface area (Å²) in [5.41, 5.74) is 0.751. The summed E-state index contributed by atoms with van der Waals surface area (Å²) in [6, 6.07) is 6.72. The molecule has 1 saturated carbocycles. The van der Waals surface area contributed by atoms with Gasteiger partial charge in [0.25, 0.3) is 0 Å². The number of anilines is 1. The van der Waals surface area contributed by atoms with Crippen molar-refractivity contribution in [1.29, 1.82) is 0 Å². The average Bonchev–Trinajstić information content (AvgIpc) is 3.31. The zero-order chi connectivity index (χ0) is 16.2. The Balaban J connectivity index is 1.57. The molecule has 7 nitrogen and oxygen atoms in total. The van der Waals surface area contributed by atoms with Gasteiger partial charge in [-0.15, -0.1) is 5.10 Å². The number of ether oxygens (including phenoxy) is 1. The number of aromatic amines is 1. The van der Waals surface area contributed by atoms with Gasteiger partial charge in [-0.1, -0.05) is 23.9 Å². The topological polar surface area (TPSA) is 97.0 Å². The van der Waals surface area contributed by atoms with Crippen LogP contribution in [0, 0.1) is 0 Å². The Morgan fingerprint density at radius 1 is 1.39 bits per heavy atom. The second kappa shape index (κ2) is 6.82. The largest absolute Gasteiger partial charge is 0.465 e. The molecule has 0 radical (unpaired) electrons. The molecule has 1 heterocycles. The van der Waals surface area contributed by atoms with E-state index >= 15 is 0 Å². The molecular weight excluding hydrogens is 316 g/mol. The molecule has 1 amide bonds. The van der Waals surface area contributed by atoms with E-state index in [0.29, 0.717) is 22.3 Å². The number of nitrogens with zero attached hydrogens (tertiary/aromatic N) is 2. The zero-order valence-corrected chi connectivity index (χ0v) is 13.4. The third-order valence-corrected chi connectivity index (χ3v) is 4.23. The number of para-hydroxylation sites is 1. The number of hydrogen-bond acceptors (Lipinski definition) is 6. The Labute approximate surface area is 137 Å². The molecule has 1 aliphatic carbocycles. The van der Waals surface area contributed by atoms with Crippen molar-refractivity contribution in [1.82, 2.24) is 15.2 Å². The van der Waals surface area contributed by atoms with Gasteiger partial charge >= 0.3 is 5.97 Å². The van der Waals surface area contributed by atoms with E-state index < -0.39 is 5.97 Å². The molecule has 1 aliphatic rings. The first-order valence-electron chi connectivity index (χ1n) is 7.19. The number of methoxy groups -OCH3 is 1. The van der Waals surface area contributed by atoms with Gasteiger partial charge in [-0.05, 0) is 25.0 Å². The summed E-state index contributed by atoms with van der Waals surface area (Å²) in [5, 5.41) is 10.3. The Kier molecular flexibility index (Phi) is 4.61. The number of carbonyl (C=O) groups excluding carboxylic acids is 2. The first-order valence-corrected chi connectivity index (χ1v) is 8.18. The molecule has 0 atom stereocenters. The highest BCUT2D eigenvalue weighted by molar-refractivity contribution is 7.99. The predicted molar refractivity (Wildman–Crippen MR) is 85.5 cm³/mol. The number of H-pyrrole nitrogens is 1. The second-order valence-electron chi connectivity index (χ2n) is 5.15. The van der Waals surface area contributed by atoms with Crippen LogP contribution in [0.3, 0.4) is 0 Å². The van der Waals surface area contributed by atoms with Crippen molar-refractivity contribution in [2.75, 3.05) is 18.2 Å². The van der Waals surface area contributed by atoms with E-state index in [2.05, 4.69) is 20.5 Å². The van der Waals surface area contributed by atoms with Gasteiger partial charge < -0.3 is 10.1 Å². The van der Waals surface area contributed by atoms with Crippen molar-refractivity contribution in [3.05, 3.63) is 35.7 Å². The highest BCUT2D eigenvalue weighted by atomic mass is 32.2. The van der Waals surface area contributed by atoms with Crippen LogP contribution in [0.1, 0.15) is 34.9 Å². The van der Waals surface area contributed by atoms with Gasteiger partial charge in [0.15, 0.2) is 0 Å². The standard InChI is InChI=1S/C15H16N4O3S/c1-22-14(21)10-4-2-3-5-11(10)16-12(20)8-23-15-17-13(18-19-15)9-6-7-9/h2-5,9H,6-8H2,1H3,(H,16,20)(H,17,18,19). The van der Waals surface area contributed by atoms with Crippen LogP contribution in [-0.4, -0.2) is 39.9 Å². The molecule has 0 unspecified atom stereocenters. The average molecular weight is 332 g/mol. The number of rotatable bonds is 6. The van der Waals surface area contributed by atoms with Gasteiger partial charge in [0.2, 0.25) is 11.1 Å². The van der Waals surface area contributed by atoms with E-state index in [4.69, 9.17) is 4.74 Å². The molecule has 1 aromatic heterocycles. The van der Waals surface area contributed by atoms with Gasteiger partial charge in [0.05, 0.1) is 24.1 Å². The van der Waals surface area contributed by atoms with Crippen molar-refractivity contribution in [3.8, 4) is 0 Å². The minimum absolute atomic E-state index is 0.164. The molecule has 3 rings (SSSR count). The van der Waals surface area contributed by atoms with Crippen LogP contribution in [0.2, 0.25) is 0 Å². The number of amides is 1. The molecule has 1 fully saturated rings. The number of thioether (sulfide) groups is 1. The van der Waals surface area contributed by atoms with Gasteiger partial charge in [0, 0.05) is 5.92 Å². The molecule has 120 valence electrons. The fraction of sp³-hybridized carbons (Fsp3) is 0.333. The molecule has 0 spiro atoms. The molecule has 2 N–H and O–H groups in total. The van der Waals surface area contributed by atoms with Gasteiger partial charge in [0.1, 0.15) is 5.82 Å². The summed E-state index contributed by atoms with van der Waals surface area (Å²) in [7, 11) is 1.30. The number of aromatic nitrogens is 3. The molecule has 1 aromatic carbocycles. The molecular formula is C15H16N4O3S. The quantitative estimate of drug-likeness (QED) is 0.622. The monoisotopic (exact) mass is 332 g/mol. The Morgan fingerprint density at radius 2 is 2.17 bits per heavy atom. The number of hydrogen-bond donors (Lipinski definition) is 2. The van der Waals surface area contributed by atoms with Crippen LogP contribution < -0.4 is 5.32 Å². The van der Waals surface area contributed by atoms with Crippen LogP contribution >= 0.6 is 11.8 Å². The first kappa shape index (κ1) is 15.5. The fourth-order valence-electron chi connectivity index (χ4n) is 2.06. The molecule has 2 aromatic rings. The molecule has 8 heteroatoms. The summed E-state index contributed by atoms with van der Waals surface area (Å²) in [5.74, 6) is 0.833. The third-order valence-electron chi connectivity index (χ3n) is 3.39. The minimum Gasteiger partial charge on any atom is -0.465 e. The number of carbonyl (C=O) groups is 2. The highest BCUT2D eigenvalue weighted by Gasteiger charge is 2.27. The van der Waals surface area contributed by atoms with Crippen molar-refractivity contribution < 1.29 is 14.3 Å². The smallest absolute Gasteiger partial charge is 0.339 e. The maximum Gasteiger partial charge on any atom is 0.339 e. The second-order valence-corrected chi connectivity index (χ2v) is 6.09. The van der Waals surface area contributed by atoms with Crippen LogP contribution in [0.15, 0.2) is 29.4 Å². The molecule has 0 aliphatic heterocycles. The zero-order valence-electron chi connectivity index (χ0n) is 12.5. The summed E-state index contributed by atoms with van der Waals surface area (Å²) in [6.45, 7) is 0. The lowest BCUT2D eigenvalue weighted by molar-refractivity contribution is -0.113.